The van der Waals surface area contributed by atoms with Crippen LogP contribution in [-0.2, 0) is 0 Å². The number of H-pyrrole nitrogens is 1. The van der Waals surface area contributed by atoms with Gasteiger partial charge in [0, 0.05) is 24.9 Å². The molecule has 0 saturated heterocycles. The van der Waals surface area contributed by atoms with Crippen LogP contribution in [0.5, 0.6) is 0 Å². The molecule has 1 aliphatic rings. The van der Waals surface area contributed by atoms with E-state index in [0.717, 1.165) is 12.0 Å². The smallest absolute Gasteiger partial charge is 0.332 e. The third-order valence-electron chi connectivity index (χ3n) is 2.37. The number of anilines is 1. The van der Waals surface area contributed by atoms with Gasteiger partial charge in [0.15, 0.2) is 0 Å². The molecule has 0 amide bonds. The standard InChI is InChI=1S/C9H11N3O3/c10-7-3-12(9(15)11-8(7)14)2-5-1-6(5)4-13/h2-3,6,13H,1,4,10H2,(H,11,14,15)/b5-2+/t6-/m0/s1. The molecule has 1 aromatic rings. The van der Waals surface area contributed by atoms with E-state index in [1.807, 2.05) is 0 Å². The number of nitrogens with zero attached hydrogens (tertiary/aromatic N) is 1. The van der Waals surface area contributed by atoms with E-state index in [4.69, 9.17) is 10.8 Å². The third kappa shape index (κ3) is 1.84. The number of hydrogen-bond acceptors (Lipinski definition) is 4. The van der Waals surface area contributed by atoms with Gasteiger partial charge in [-0.1, -0.05) is 0 Å². The summed E-state index contributed by atoms with van der Waals surface area (Å²) >= 11 is 0. The van der Waals surface area contributed by atoms with Gasteiger partial charge < -0.3 is 10.8 Å². The topological polar surface area (TPSA) is 101 Å². The van der Waals surface area contributed by atoms with Crippen LogP contribution in [0.1, 0.15) is 6.42 Å². The van der Waals surface area contributed by atoms with Crippen LogP contribution in [0.25, 0.3) is 6.20 Å². The average Bonchev–Trinajstić information content (AvgIpc) is 2.93. The van der Waals surface area contributed by atoms with Crippen LogP contribution in [-0.4, -0.2) is 21.3 Å². The zero-order valence-electron chi connectivity index (χ0n) is 7.93. The highest BCUT2D eigenvalue weighted by atomic mass is 16.3. The molecule has 1 fully saturated rings. The fraction of sp³-hybridized carbons (Fsp3) is 0.333. The third-order valence-corrected chi connectivity index (χ3v) is 2.37. The monoisotopic (exact) mass is 209 g/mol. The molecule has 80 valence electrons. The summed E-state index contributed by atoms with van der Waals surface area (Å²) in [5.41, 5.74) is 5.24. The molecule has 1 aromatic heterocycles. The first-order valence-electron chi connectivity index (χ1n) is 4.54. The van der Waals surface area contributed by atoms with Crippen molar-refractivity contribution in [2.24, 2.45) is 5.92 Å². The van der Waals surface area contributed by atoms with Crippen LogP contribution in [0.2, 0.25) is 0 Å². The number of aromatic amines is 1. The first kappa shape index (κ1) is 9.72. The van der Waals surface area contributed by atoms with E-state index in [1.54, 1.807) is 6.20 Å². The Balaban J connectivity index is 2.39. The van der Waals surface area contributed by atoms with Crippen LogP contribution in [0.15, 0.2) is 21.4 Å². The van der Waals surface area contributed by atoms with Crippen molar-refractivity contribution >= 4 is 11.9 Å². The fourth-order valence-electron chi connectivity index (χ4n) is 1.34. The number of nitrogens with one attached hydrogen (secondary N) is 1. The molecule has 4 N–H and O–H groups in total. The maximum absolute atomic E-state index is 11.3. The molecule has 0 aliphatic heterocycles. The Morgan fingerprint density at radius 2 is 2.40 bits per heavy atom. The van der Waals surface area contributed by atoms with Gasteiger partial charge in [0.05, 0.1) is 0 Å². The molecule has 0 spiro atoms. The molecule has 1 saturated carbocycles. The second-order valence-electron chi connectivity index (χ2n) is 3.54. The Labute approximate surface area is 84.7 Å². The van der Waals surface area contributed by atoms with Crippen molar-refractivity contribution in [1.29, 1.82) is 0 Å². The first-order valence-corrected chi connectivity index (χ1v) is 4.54. The molecule has 0 unspecified atom stereocenters. The molecular weight excluding hydrogens is 198 g/mol. The van der Waals surface area contributed by atoms with Gasteiger partial charge in [0.2, 0.25) is 0 Å². The molecule has 6 heteroatoms. The molecule has 0 bridgehead atoms. The minimum atomic E-state index is -0.579. The molecule has 6 nitrogen and oxygen atoms in total. The molecule has 2 rings (SSSR count). The molecule has 0 radical (unpaired) electrons. The molecule has 1 aliphatic carbocycles. The maximum Gasteiger partial charge on any atom is 0.332 e. The largest absolute Gasteiger partial charge is 0.396 e. The summed E-state index contributed by atoms with van der Waals surface area (Å²) in [6.45, 7) is 0.0828. The first-order chi connectivity index (χ1) is 7.11. The van der Waals surface area contributed by atoms with Gasteiger partial charge in [0.25, 0.3) is 5.56 Å². The second-order valence-corrected chi connectivity index (χ2v) is 3.54. The lowest BCUT2D eigenvalue weighted by atomic mass is 10.4. The Bertz CT molecular complexity index is 526. The summed E-state index contributed by atoms with van der Waals surface area (Å²) in [4.78, 5) is 24.3. The van der Waals surface area contributed by atoms with Gasteiger partial charge in [-0.25, -0.2) is 4.79 Å². The van der Waals surface area contributed by atoms with E-state index in [0.29, 0.717) is 0 Å². The quantitative estimate of drug-likeness (QED) is 0.579. The molecule has 1 atom stereocenters. The van der Waals surface area contributed by atoms with Gasteiger partial charge in [-0.15, -0.1) is 0 Å². The zero-order chi connectivity index (χ0) is 11.0. The predicted molar refractivity (Wildman–Crippen MR) is 55.2 cm³/mol. The number of aromatic nitrogens is 2. The van der Waals surface area contributed by atoms with E-state index in [9.17, 15) is 9.59 Å². The predicted octanol–water partition coefficient (Wildman–Crippen LogP) is -1.03. The number of rotatable bonds is 2. The number of nitrogen functional groups attached to an aromatic ring is 1. The van der Waals surface area contributed by atoms with Gasteiger partial charge >= 0.3 is 5.69 Å². The summed E-state index contributed by atoms with van der Waals surface area (Å²) in [6, 6.07) is 0. The number of nitrogens with two attached hydrogens (primary N) is 1. The lowest BCUT2D eigenvalue weighted by Crippen LogP contribution is -2.28. The maximum atomic E-state index is 11.3. The van der Waals surface area contributed by atoms with Crippen LogP contribution < -0.4 is 17.0 Å². The van der Waals surface area contributed by atoms with Crippen molar-refractivity contribution in [1.82, 2.24) is 9.55 Å². The Morgan fingerprint density at radius 3 is 3.00 bits per heavy atom. The molecule has 0 aromatic carbocycles. The van der Waals surface area contributed by atoms with Gasteiger partial charge in [-0.05, 0) is 12.0 Å². The summed E-state index contributed by atoms with van der Waals surface area (Å²) < 4.78 is 1.22. The summed E-state index contributed by atoms with van der Waals surface area (Å²) in [7, 11) is 0. The van der Waals surface area contributed by atoms with E-state index in [-0.39, 0.29) is 18.2 Å². The van der Waals surface area contributed by atoms with Crippen LogP contribution in [0, 0.1) is 5.92 Å². The lowest BCUT2D eigenvalue weighted by molar-refractivity contribution is 0.281. The highest BCUT2D eigenvalue weighted by molar-refractivity contribution is 5.43. The van der Waals surface area contributed by atoms with Crippen molar-refractivity contribution in [2.45, 2.75) is 6.42 Å². The highest BCUT2D eigenvalue weighted by Gasteiger charge is 2.28. The van der Waals surface area contributed by atoms with Crippen molar-refractivity contribution < 1.29 is 5.11 Å². The van der Waals surface area contributed by atoms with E-state index < -0.39 is 11.2 Å². The molecule has 1 heterocycles. The fourth-order valence-corrected chi connectivity index (χ4v) is 1.34. The second kappa shape index (κ2) is 3.39. The van der Waals surface area contributed by atoms with Crippen LogP contribution in [0.3, 0.4) is 0 Å². The average molecular weight is 209 g/mol. The lowest BCUT2D eigenvalue weighted by Gasteiger charge is -1.97. The van der Waals surface area contributed by atoms with Gasteiger partial charge in [0.1, 0.15) is 5.69 Å². The highest BCUT2D eigenvalue weighted by Crippen LogP contribution is 2.37. The summed E-state index contributed by atoms with van der Waals surface area (Å²) in [5, 5.41) is 8.81. The summed E-state index contributed by atoms with van der Waals surface area (Å²) in [5.74, 6) is 0.144. The van der Waals surface area contributed by atoms with Crippen LogP contribution >= 0.6 is 0 Å². The van der Waals surface area contributed by atoms with E-state index in [2.05, 4.69) is 4.98 Å². The van der Waals surface area contributed by atoms with Gasteiger partial charge in [-0.3, -0.25) is 14.3 Å². The van der Waals surface area contributed by atoms with Crippen molar-refractivity contribution in [3.8, 4) is 0 Å². The minimum absolute atomic E-state index is 0.00681. The zero-order valence-corrected chi connectivity index (χ0v) is 7.93. The Hall–Kier alpha value is -1.82. The molecule has 15 heavy (non-hydrogen) atoms. The number of aliphatic hydroxyl groups excluding tert-OH is 1. The van der Waals surface area contributed by atoms with Crippen molar-refractivity contribution in [3.05, 3.63) is 32.6 Å². The van der Waals surface area contributed by atoms with Crippen molar-refractivity contribution in [3.63, 3.8) is 0 Å². The van der Waals surface area contributed by atoms with E-state index in [1.165, 1.54) is 10.8 Å². The minimum Gasteiger partial charge on any atom is -0.396 e. The number of aliphatic hydroxyl groups is 1. The number of hydrogen-bond donors (Lipinski definition) is 3. The van der Waals surface area contributed by atoms with Gasteiger partial charge in [-0.2, -0.15) is 0 Å². The Morgan fingerprint density at radius 1 is 1.67 bits per heavy atom. The van der Waals surface area contributed by atoms with E-state index >= 15 is 0 Å². The SMILES string of the molecule is Nc1cn(/C=C2\C[C@H]2CO)c(=O)[nH]c1=O. The summed E-state index contributed by atoms with van der Waals surface area (Å²) in [6.07, 6.45) is 3.65. The van der Waals surface area contributed by atoms with Crippen LogP contribution in [0.4, 0.5) is 5.69 Å². The normalized spacial score (nSPS) is 21.9. The Kier molecular flexibility index (Phi) is 2.20. The van der Waals surface area contributed by atoms with Crippen molar-refractivity contribution in [2.75, 3.05) is 12.3 Å². The molecular formula is C9H11N3O3.